The van der Waals surface area contributed by atoms with Crippen molar-refractivity contribution >= 4 is 0 Å². The Morgan fingerprint density at radius 2 is 1.05 bits per heavy atom. The van der Waals surface area contributed by atoms with Crippen molar-refractivity contribution in [2.75, 3.05) is 0 Å². The van der Waals surface area contributed by atoms with Gasteiger partial charge < -0.3 is 0 Å². The monoisotopic (exact) mass is 280 g/mol. The van der Waals surface area contributed by atoms with Crippen molar-refractivity contribution in [1.82, 2.24) is 0 Å². The molecular formula is C12H3F7. The van der Waals surface area contributed by atoms with Gasteiger partial charge in [0.05, 0.1) is 5.56 Å². The van der Waals surface area contributed by atoms with Crippen molar-refractivity contribution in [2.24, 2.45) is 0 Å². The van der Waals surface area contributed by atoms with Gasteiger partial charge in [0.2, 0.25) is 5.82 Å². The highest BCUT2D eigenvalue weighted by Gasteiger charge is 2.27. The molecule has 0 atom stereocenters. The molecule has 0 N–H and O–H groups in total. The van der Waals surface area contributed by atoms with Crippen molar-refractivity contribution in [3.8, 4) is 11.1 Å². The molecule has 0 amide bonds. The lowest BCUT2D eigenvalue weighted by Gasteiger charge is -2.09. The Morgan fingerprint density at radius 3 is 1.53 bits per heavy atom. The first-order valence-corrected chi connectivity index (χ1v) is 4.81. The quantitative estimate of drug-likeness (QED) is 0.414. The molecule has 7 heteroatoms. The zero-order valence-corrected chi connectivity index (χ0v) is 8.88. The summed E-state index contributed by atoms with van der Waals surface area (Å²) >= 11 is 0. The SMILES string of the molecule is Fc1ccc(-c2c(F)c(F)c(F)c(F)c2F)c(F)c1. The highest BCUT2D eigenvalue weighted by atomic mass is 19.2. The molecule has 0 spiro atoms. The second-order valence-corrected chi connectivity index (χ2v) is 3.57. The van der Waals surface area contributed by atoms with Gasteiger partial charge in [-0.3, -0.25) is 0 Å². The molecule has 100 valence electrons. The van der Waals surface area contributed by atoms with Gasteiger partial charge in [-0.05, 0) is 12.1 Å². The molecule has 0 aliphatic heterocycles. The first-order valence-electron chi connectivity index (χ1n) is 4.81. The lowest BCUT2D eigenvalue weighted by atomic mass is 10.0. The van der Waals surface area contributed by atoms with Crippen LogP contribution in [0.3, 0.4) is 0 Å². The summed E-state index contributed by atoms with van der Waals surface area (Å²) in [5.41, 5.74) is -2.36. The topological polar surface area (TPSA) is 0 Å². The third-order valence-corrected chi connectivity index (χ3v) is 2.41. The van der Waals surface area contributed by atoms with Crippen LogP contribution in [-0.4, -0.2) is 0 Å². The van der Waals surface area contributed by atoms with Gasteiger partial charge in [0.15, 0.2) is 23.3 Å². The molecule has 0 saturated carbocycles. The Morgan fingerprint density at radius 1 is 0.579 bits per heavy atom. The van der Waals surface area contributed by atoms with Crippen LogP contribution in [0.2, 0.25) is 0 Å². The third kappa shape index (κ3) is 2.05. The molecule has 0 aromatic heterocycles. The van der Waals surface area contributed by atoms with Gasteiger partial charge in [-0.2, -0.15) is 0 Å². The second-order valence-electron chi connectivity index (χ2n) is 3.57. The summed E-state index contributed by atoms with van der Waals surface area (Å²) in [6, 6.07) is 1.49. The molecule has 2 aromatic carbocycles. The third-order valence-electron chi connectivity index (χ3n) is 2.41. The lowest BCUT2D eigenvalue weighted by Crippen LogP contribution is -2.05. The summed E-state index contributed by atoms with van der Waals surface area (Å²) in [7, 11) is 0. The van der Waals surface area contributed by atoms with Gasteiger partial charge in [0.25, 0.3) is 0 Å². The van der Waals surface area contributed by atoms with Gasteiger partial charge in [0, 0.05) is 11.6 Å². The van der Waals surface area contributed by atoms with Crippen LogP contribution < -0.4 is 0 Å². The van der Waals surface area contributed by atoms with E-state index in [4.69, 9.17) is 0 Å². The van der Waals surface area contributed by atoms with Crippen molar-refractivity contribution in [3.05, 3.63) is 58.9 Å². The summed E-state index contributed by atoms with van der Waals surface area (Å²) < 4.78 is 91.5. The maximum Gasteiger partial charge on any atom is 0.200 e. The van der Waals surface area contributed by atoms with Crippen LogP contribution in [0.5, 0.6) is 0 Å². The van der Waals surface area contributed by atoms with Crippen molar-refractivity contribution in [2.45, 2.75) is 0 Å². The number of hydrogen-bond donors (Lipinski definition) is 0. The van der Waals surface area contributed by atoms with E-state index >= 15 is 0 Å². The Bertz CT molecular complexity index is 635. The van der Waals surface area contributed by atoms with Crippen LogP contribution in [0.4, 0.5) is 30.7 Å². The van der Waals surface area contributed by atoms with E-state index < -0.39 is 51.8 Å². The molecule has 0 unspecified atom stereocenters. The van der Waals surface area contributed by atoms with Gasteiger partial charge >= 0.3 is 0 Å². The van der Waals surface area contributed by atoms with Crippen LogP contribution in [0, 0.1) is 40.7 Å². The minimum Gasteiger partial charge on any atom is -0.207 e. The molecule has 2 aromatic rings. The van der Waals surface area contributed by atoms with E-state index in [2.05, 4.69) is 0 Å². The fourth-order valence-corrected chi connectivity index (χ4v) is 1.53. The predicted octanol–water partition coefficient (Wildman–Crippen LogP) is 4.33. The van der Waals surface area contributed by atoms with Gasteiger partial charge in [-0.25, -0.2) is 30.7 Å². The first kappa shape index (κ1) is 13.4. The van der Waals surface area contributed by atoms with Crippen LogP contribution >= 0.6 is 0 Å². The Hall–Kier alpha value is -2.05. The molecule has 0 fully saturated rings. The van der Waals surface area contributed by atoms with Crippen LogP contribution in [0.15, 0.2) is 18.2 Å². The van der Waals surface area contributed by atoms with Gasteiger partial charge in [-0.1, -0.05) is 0 Å². The van der Waals surface area contributed by atoms with Crippen molar-refractivity contribution in [3.63, 3.8) is 0 Å². The minimum absolute atomic E-state index is 0.271. The fraction of sp³-hybridized carbons (Fsp3) is 0. The zero-order chi connectivity index (χ0) is 14.3. The fourth-order valence-electron chi connectivity index (χ4n) is 1.53. The van der Waals surface area contributed by atoms with E-state index in [0.29, 0.717) is 12.1 Å². The molecule has 0 nitrogen and oxygen atoms in total. The second kappa shape index (κ2) is 4.56. The average Bonchev–Trinajstić information content (AvgIpc) is 2.37. The molecule has 0 bridgehead atoms. The molecule has 0 aliphatic rings. The number of hydrogen-bond acceptors (Lipinski definition) is 0. The van der Waals surface area contributed by atoms with E-state index in [1.807, 2.05) is 0 Å². The highest BCUT2D eigenvalue weighted by Crippen LogP contribution is 2.33. The molecule has 2 rings (SSSR count). The zero-order valence-electron chi connectivity index (χ0n) is 8.88. The van der Waals surface area contributed by atoms with Crippen molar-refractivity contribution in [1.29, 1.82) is 0 Å². The van der Waals surface area contributed by atoms with Crippen LogP contribution in [0.1, 0.15) is 0 Å². The number of halogens is 7. The smallest absolute Gasteiger partial charge is 0.200 e. The number of rotatable bonds is 1. The van der Waals surface area contributed by atoms with Crippen LogP contribution in [-0.2, 0) is 0 Å². The van der Waals surface area contributed by atoms with Gasteiger partial charge in [0.1, 0.15) is 11.6 Å². The molecule has 0 saturated heterocycles. The van der Waals surface area contributed by atoms with E-state index in [9.17, 15) is 30.7 Å². The van der Waals surface area contributed by atoms with E-state index in [0.717, 1.165) is 0 Å². The molecular weight excluding hydrogens is 277 g/mol. The van der Waals surface area contributed by atoms with E-state index in [1.54, 1.807) is 0 Å². The molecule has 0 aliphatic carbocycles. The normalized spacial score (nSPS) is 10.9. The van der Waals surface area contributed by atoms with Crippen LogP contribution in [0.25, 0.3) is 11.1 Å². The van der Waals surface area contributed by atoms with Gasteiger partial charge in [-0.15, -0.1) is 0 Å². The number of benzene rings is 2. The Labute approximate surface area is 102 Å². The maximum absolute atomic E-state index is 13.4. The minimum atomic E-state index is -2.35. The van der Waals surface area contributed by atoms with Crippen molar-refractivity contribution < 1.29 is 30.7 Å². The predicted molar refractivity (Wildman–Crippen MR) is 51.6 cm³/mol. The Balaban J connectivity index is 2.83. The lowest BCUT2D eigenvalue weighted by molar-refractivity contribution is 0.381. The first-order chi connectivity index (χ1) is 8.84. The average molecular weight is 280 g/mol. The standard InChI is InChI=1S/C12H3F7/c13-4-1-2-5(6(14)3-4)7-8(15)10(17)12(19)11(18)9(7)16/h1-3H. The summed E-state index contributed by atoms with van der Waals surface area (Å²) in [6.45, 7) is 0. The molecule has 19 heavy (non-hydrogen) atoms. The largest absolute Gasteiger partial charge is 0.207 e. The summed E-state index contributed by atoms with van der Waals surface area (Å²) in [6.07, 6.45) is 0. The van der Waals surface area contributed by atoms with E-state index in [1.165, 1.54) is 0 Å². The summed E-state index contributed by atoms with van der Waals surface area (Å²) in [4.78, 5) is 0. The Kier molecular flexibility index (Phi) is 3.21. The van der Waals surface area contributed by atoms with E-state index in [-0.39, 0.29) is 6.07 Å². The highest BCUT2D eigenvalue weighted by molar-refractivity contribution is 5.66. The molecule has 0 heterocycles. The molecule has 0 radical (unpaired) electrons. The summed E-state index contributed by atoms with van der Waals surface area (Å²) in [5.74, 6) is -13.6. The summed E-state index contributed by atoms with van der Waals surface area (Å²) in [5, 5.41) is 0. The maximum atomic E-state index is 13.4.